The van der Waals surface area contributed by atoms with E-state index in [1.807, 2.05) is 0 Å². The molecule has 0 unspecified atom stereocenters. The number of nitrogens with zero attached hydrogens (tertiary/aromatic N) is 5. The normalized spacial score (nSPS) is 15.3. The van der Waals surface area contributed by atoms with Crippen LogP contribution in [0.15, 0.2) is 43.7 Å². The first-order valence-electron chi connectivity index (χ1n) is 8.46. The van der Waals surface area contributed by atoms with E-state index in [1.165, 1.54) is 21.5 Å². The Bertz CT molecular complexity index is 1070. The number of hydrogen-bond acceptors (Lipinski definition) is 7. The first kappa shape index (κ1) is 16.2. The summed E-state index contributed by atoms with van der Waals surface area (Å²) >= 11 is 0. The third-order valence-corrected chi connectivity index (χ3v) is 4.64. The highest BCUT2D eigenvalue weighted by molar-refractivity contribution is 5.76. The summed E-state index contributed by atoms with van der Waals surface area (Å²) in [5, 5.41) is 4.03. The zero-order chi connectivity index (χ0) is 18.1. The van der Waals surface area contributed by atoms with Gasteiger partial charge in [0.2, 0.25) is 5.95 Å². The monoisotopic (exact) mass is 354 g/mol. The number of anilines is 1. The smallest absolute Gasteiger partial charge is 0.318 e. The van der Waals surface area contributed by atoms with Gasteiger partial charge < -0.3 is 8.98 Å². The summed E-state index contributed by atoms with van der Waals surface area (Å²) in [7, 11) is 1.55. The predicted molar refractivity (Wildman–Crippen MR) is 96.5 cm³/mol. The van der Waals surface area contributed by atoms with Crippen molar-refractivity contribution in [1.82, 2.24) is 19.1 Å². The van der Waals surface area contributed by atoms with E-state index < -0.39 is 11.1 Å². The summed E-state index contributed by atoms with van der Waals surface area (Å²) < 4.78 is 7.97. The fourth-order valence-corrected chi connectivity index (χ4v) is 3.31. The number of nitrogens with one attached hydrogen (secondary N) is 1. The SMILES string of the molecule is Cn1c(=O)c(=O)n(C2CCCC2)c2nc(NN=Cc3ccco3)ncc21. The van der Waals surface area contributed by atoms with Gasteiger partial charge in [0.15, 0.2) is 5.65 Å². The van der Waals surface area contributed by atoms with Crippen LogP contribution in [0.2, 0.25) is 0 Å². The molecule has 1 fully saturated rings. The van der Waals surface area contributed by atoms with E-state index in [0.29, 0.717) is 16.9 Å². The molecule has 3 heterocycles. The van der Waals surface area contributed by atoms with Crippen molar-refractivity contribution in [3.05, 3.63) is 51.1 Å². The lowest BCUT2D eigenvalue weighted by Crippen LogP contribution is -2.42. The minimum absolute atomic E-state index is 0.00623. The predicted octanol–water partition coefficient (Wildman–Crippen LogP) is 1.64. The minimum atomic E-state index is -0.565. The van der Waals surface area contributed by atoms with Crippen LogP contribution in [0.1, 0.15) is 37.5 Å². The lowest BCUT2D eigenvalue weighted by atomic mass is 10.2. The molecule has 9 heteroatoms. The number of furan rings is 1. The zero-order valence-corrected chi connectivity index (χ0v) is 14.3. The van der Waals surface area contributed by atoms with Crippen LogP contribution in [-0.4, -0.2) is 25.3 Å². The second-order valence-electron chi connectivity index (χ2n) is 6.27. The molecule has 0 aromatic carbocycles. The van der Waals surface area contributed by atoms with Crippen LogP contribution in [0, 0.1) is 0 Å². The summed E-state index contributed by atoms with van der Waals surface area (Å²) in [5.74, 6) is 0.827. The molecule has 4 rings (SSSR count). The number of hydrazone groups is 1. The van der Waals surface area contributed by atoms with Crippen molar-refractivity contribution < 1.29 is 4.42 Å². The van der Waals surface area contributed by atoms with E-state index >= 15 is 0 Å². The average molecular weight is 354 g/mol. The van der Waals surface area contributed by atoms with Gasteiger partial charge >= 0.3 is 11.1 Å². The maximum atomic E-state index is 12.6. The van der Waals surface area contributed by atoms with Gasteiger partial charge in [-0.25, -0.2) is 10.4 Å². The molecular weight excluding hydrogens is 336 g/mol. The van der Waals surface area contributed by atoms with Crippen LogP contribution in [0.4, 0.5) is 5.95 Å². The molecule has 3 aromatic rings. The van der Waals surface area contributed by atoms with E-state index in [0.717, 1.165) is 25.7 Å². The Morgan fingerprint density at radius 3 is 2.85 bits per heavy atom. The third kappa shape index (κ3) is 2.81. The Morgan fingerprint density at radius 1 is 1.31 bits per heavy atom. The largest absolute Gasteiger partial charge is 0.463 e. The molecule has 0 aliphatic heterocycles. The molecule has 1 N–H and O–H groups in total. The highest BCUT2D eigenvalue weighted by Gasteiger charge is 2.23. The molecule has 0 saturated heterocycles. The van der Waals surface area contributed by atoms with Crippen LogP contribution < -0.4 is 16.5 Å². The second kappa shape index (κ2) is 6.58. The lowest BCUT2D eigenvalue weighted by molar-refractivity contribution is 0.507. The molecule has 0 spiro atoms. The standard InChI is InChI=1S/C17H18N6O3/c1-22-13-10-18-17(21-19-9-12-7-4-8-26-12)20-14(13)23(16(25)15(22)24)11-5-2-3-6-11/h4,7-11H,2-3,5-6H2,1H3,(H,18,20,21). The molecule has 0 bridgehead atoms. The highest BCUT2D eigenvalue weighted by atomic mass is 16.3. The molecule has 1 aliphatic carbocycles. The summed E-state index contributed by atoms with van der Waals surface area (Å²) in [6, 6.07) is 3.52. The topological polar surface area (TPSA) is 107 Å². The average Bonchev–Trinajstić information content (AvgIpc) is 3.34. The molecule has 134 valence electrons. The van der Waals surface area contributed by atoms with Crippen molar-refractivity contribution >= 4 is 23.3 Å². The second-order valence-corrected chi connectivity index (χ2v) is 6.27. The Hall–Kier alpha value is -3.23. The maximum Gasteiger partial charge on any atom is 0.318 e. The van der Waals surface area contributed by atoms with E-state index in [4.69, 9.17) is 4.42 Å². The summed E-state index contributed by atoms with van der Waals surface area (Å²) in [6.07, 6.45) is 8.39. The van der Waals surface area contributed by atoms with Gasteiger partial charge in [-0.05, 0) is 25.0 Å². The van der Waals surface area contributed by atoms with Gasteiger partial charge in [0, 0.05) is 13.1 Å². The van der Waals surface area contributed by atoms with Crippen molar-refractivity contribution in [3.8, 4) is 0 Å². The van der Waals surface area contributed by atoms with Crippen LogP contribution in [0.25, 0.3) is 11.2 Å². The van der Waals surface area contributed by atoms with E-state index in [1.54, 1.807) is 25.4 Å². The number of fused-ring (bicyclic) bond motifs is 1. The Morgan fingerprint density at radius 2 is 2.12 bits per heavy atom. The van der Waals surface area contributed by atoms with Gasteiger partial charge in [0.25, 0.3) is 0 Å². The Labute approximate surface area is 148 Å². The van der Waals surface area contributed by atoms with Crippen molar-refractivity contribution in [2.24, 2.45) is 12.1 Å². The first-order chi connectivity index (χ1) is 12.6. The van der Waals surface area contributed by atoms with Gasteiger partial charge in [-0.15, -0.1) is 0 Å². The van der Waals surface area contributed by atoms with Gasteiger partial charge in [-0.1, -0.05) is 12.8 Å². The maximum absolute atomic E-state index is 12.6. The van der Waals surface area contributed by atoms with Crippen molar-refractivity contribution in [1.29, 1.82) is 0 Å². The highest BCUT2D eigenvalue weighted by Crippen LogP contribution is 2.29. The molecule has 1 saturated carbocycles. The fraction of sp³-hybridized carbons (Fsp3) is 0.353. The molecule has 9 nitrogen and oxygen atoms in total. The number of aromatic nitrogens is 4. The molecule has 0 amide bonds. The van der Waals surface area contributed by atoms with E-state index in [2.05, 4.69) is 20.5 Å². The zero-order valence-electron chi connectivity index (χ0n) is 14.3. The molecule has 3 aromatic heterocycles. The minimum Gasteiger partial charge on any atom is -0.463 e. The van der Waals surface area contributed by atoms with Gasteiger partial charge in [0.1, 0.15) is 11.3 Å². The number of rotatable bonds is 4. The molecule has 0 atom stereocenters. The van der Waals surface area contributed by atoms with Gasteiger partial charge in [-0.3, -0.25) is 14.2 Å². The number of hydrogen-bond donors (Lipinski definition) is 1. The van der Waals surface area contributed by atoms with Crippen molar-refractivity contribution in [2.45, 2.75) is 31.7 Å². The summed E-state index contributed by atoms with van der Waals surface area (Å²) in [5.41, 5.74) is 2.58. The third-order valence-electron chi connectivity index (χ3n) is 4.64. The van der Waals surface area contributed by atoms with Crippen molar-refractivity contribution in [2.75, 3.05) is 5.43 Å². The van der Waals surface area contributed by atoms with Crippen LogP contribution in [-0.2, 0) is 7.05 Å². The Balaban J connectivity index is 1.78. The summed E-state index contributed by atoms with van der Waals surface area (Å²) in [6.45, 7) is 0. The van der Waals surface area contributed by atoms with Crippen LogP contribution in [0.5, 0.6) is 0 Å². The Kier molecular flexibility index (Phi) is 4.11. The van der Waals surface area contributed by atoms with Crippen LogP contribution >= 0.6 is 0 Å². The molecular formula is C17H18N6O3. The quantitative estimate of drug-likeness (QED) is 0.434. The molecule has 26 heavy (non-hydrogen) atoms. The van der Waals surface area contributed by atoms with Crippen molar-refractivity contribution in [3.63, 3.8) is 0 Å². The number of aryl methyl sites for hydroxylation is 1. The van der Waals surface area contributed by atoms with Gasteiger partial charge in [0.05, 0.1) is 18.7 Å². The van der Waals surface area contributed by atoms with E-state index in [-0.39, 0.29) is 12.0 Å². The van der Waals surface area contributed by atoms with Gasteiger partial charge in [-0.2, -0.15) is 10.1 Å². The van der Waals surface area contributed by atoms with E-state index in [9.17, 15) is 9.59 Å². The molecule has 0 radical (unpaired) electrons. The first-order valence-corrected chi connectivity index (χ1v) is 8.46. The van der Waals surface area contributed by atoms with Crippen LogP contribution in [0.3, 0.4) is 0 Å². The molecule has 1 aliphatic rings. The summed E-state index contributed by atoms with van der Waals surface area (Å²) in [4.78, 5) is 33.5. The fourth-order valence-electron chi connectivity index (χ4n) is 3.31. The lowest BCUT2D eigenvalue weighted by Gasteiger charge is -2.17.